The van der Waals surface area contributed by atoms with E-state index in [1.54, 1.807) is 0 Å². The quantitative estimate of drug-likeness (QED) is 0.866. The molecule has 1 N–H and O–H groups in total. The maximum absolute atomic E-state index is 5.97. The zero-order valence-electron chi connectivity index (χ0n) is 11.3. The van der Waals surface area contributed by atoms with Gasteiger partial charge in [-0.2, -0.15) is 0 Å². The second-order valence-corrected chi connectivity index (χ2v) is 5.35. The molecule has 0 spiro atoms. The van der Waals surface area contributed by atoms with Crippen LogP contribution in [0.25, 0.3) is 0 Å². The smallest absolute Gasteiger partial charge is 0.0849 e. The summed E-state index contributed by atoms with van der Waals surface area (Å²) in [5, 5.41) is 3.44. The van der Waals surface area contributed by atoms with Crippen molar-refractivity contribution in [3.8, 4) is 0 Å². The Kier molecular flexibility index (Phi) is 3.55. The van der Waals surface area contributed by atoms with Gasteiger partial charge >= 0.3 is 0 Å². The number of hydrogen-bond donors (Lipinski definition) is 1. The molecule has 1 aliphatic heterocycles. The summed E-state index contributed by atoms with van der Waals surface area (Å²) in [6.45, 7) is 7.43. The van der Waals surface area contributed by atoms with E-state index < -0.39 is 0 Å². The molecule has 0 bridgehead atoms. The molecule has 0 aliphatic carbocycles. The molecule has 0 saturated carbocycles. The molecule has 2 unspecified atom stereocenters. The van der Waals surface area contributed by atoms with Gasteiger partial charge in [-0.25, -0.2) is 0 Å². The number of hydrogen-bond acceptors (Lipinski definition) is 2. The monoisotopic (exact) mass is 233 g/mol. The summed E-state index contributed by atoms with van der Waals surface area (Å²) in [7, 11) is 2.02. The van der Waals surface area contributed by atoms with Gasteiger partial charge in [-0.3, -0.25) is 0 Å². The van der Waals surface area contributed by atoms with Gasteiger partial charge < -0.3 is 10.1 Å². The Labute approximate surface area is 104 Å². The average molecular weight is 233 g/mol. The van der Waals surface area contributed by atoms with Crippen LogP contribution in [-0.2, 0) is 4.74 Å². The van der Waals surface area contributed by atoms with E-state index in [4.69, 9.17) is 4.74 Å². The first-order valence-electron chi connectivity index (χ1n) is 6.45. The molecule has 0 radical (unpaired) electrons. The SMILES string of the molecule is CNC(c1ccc(C)cc1C)C1(C)CCCO1. The highest BCUT2D eigenvalue weighted by Gasteiger charge is 2.38. The third-order valence-electron chi connectivity index (χ3n) is 3.88. The fourth-order valence-corrected chi connectivity index (χ4v) is 2.97. The summed E-state index contributed by atoms with van der Waals surface area (Å²) in [5.41, 5.74) is 3.97. The predicted molar refractivity (Wildman–Crippen MR) is 71.3 cm³/mol. The van der Waals surface area contributed by atoms with Gasteiger partial charge in [0.15, 0.2) is 0 Å². The van der Waals surface area contributed by atoms with Crippen LogP contribution in [0.4, 0.5) is 0 Å². The molecule has 2 heteroatoms. The summed E-state index contributed by atoms with van der Waals surface area (Å²) in [6.07, 6.45) is 2.30. The minimum Gasteiger partial charge on any atom is -0.373 e. The minimum absolute atomic E-state index is 0.0607. The van der Waals surface area contributed by atoms with E-state index in [0.29, 0.717) is 0 Å². The van der Waals surface area contributed by atoms with Crippen molar-refractivity contribution in [1.29, 1.82) is 0 Å². The van der Waals surface area contributed by atoms with Gasteiger partial charge in [0.05, 0.1) is 11.6 Å². The Morgan fingerprint density at radius 1 is 1.35 bits per heavy atom. The van der Waals surface area contributed by atoms with Crippen molar-refractivity contribution in [2.45, 2.75) is 45.3 Å². The molecule has 2 atom stereocenters. The van der Waals surface area contributed by atoms with Crippen LogP contribution in [0.5, 0.6) is 0 Å². The highest BCUT2D eigenvalue weighted by atomic mass is 16.5. The number of nitrogens with one attached hydrogen (secondary N) is 1. The summed E-state index contributed by atoms with van der Waals surface area (Å²) in [5.74, 6) is 0. The summed E-state index contributed by atoms with van der Waals surface area (Å²) in [4.78, 5) is 0. The largest absolute Gasteiger partial charge is 0.373 e. The highest BCUT2D eigenvalue weighted by molar-refractivity contribution is 5.34. The lowest BCUT2D eigenvalue weighted by molar-refractivity contribution is -0.0106. The Balaban J connectivity index is 2.34. The molecule has 0 amide bonds. The van der Waals surface area contributed by atoms with E-state index in [1.807, 2.05) is 7.05 Å². The van der Waals surface area contributed by atoms with E-state index >= 15 is 0 Å². The molecule has 0 aromatic heterocycles. The predicted octanol–water partition coefficient (Wildman–Crippen LogP) is 3.13. The Bertz CT molecular complexity index is 394. The molecule has 1 aromatic carbocycles. The standard InChI is InChI=1S/C15H23NO/c1-11-6-7-13(12(2)10-11)14(16-4)15(3)8-5-9-17-15/h6-7,10,14,16H,5,8-9H2,1-4H3. The first kappa shape index (κ1) is 12.6. The molecule has 2 nitrogen and oxygen atoms in total. The van der Waals surface area contributed by atoms with Gasteiger partial charge in [0, 0.05) is 6.61 Å². The van der Waals surface area contributed by atoms with Crippen molar-refractivity contribution in [2.75, 3.05) is 13.7 Å². The number of likely N-dealkylation sites (N-methyl/N-ethyl adjacent to an activating group) is 1. The van der Waals surface area contributed by atoms with E-state index in [0.717, 1.165) is 13.0 Å². The van der Waals surface area contributed by atoms with E-state index in [2.05, 4.69) is 44.3 Å². The molecular formula is C15H23NO. The highest BCUT2D eigenvalue weighted by Crippen LogP contribution is 2.38. The lowest BCUT2D eigenvalue weighted by Gasteiger charge is -2.34. The molecule has 17 heavy (non-hydrogen) atoms. The van der Waals surface area contributed by atoms with Crippen molar-refractivity contribution < 1.29 is 4.74 Å². The molecular weight excluding hydrogens is 210 g/mol. The van der Waals surface area contributed by atoms with Crippen LogP contribution in [0.15, 0.2) is 18.2 Å². The zero-order chi connectivity index (χ0) is 12.5. The zero-order valence-corrected chi connectivity index (χ0v) is 11.3. The molecule has 1 heterocycles. The number of ether oxygens (including phenoxy) is 1. The molecule has 2 rings (SSSR count). The van der Waals surface area contributed by atoms with Crippen molar-refractivity contribution in [3.05, 3.63) is 34.9 Å². The van der Waals surface area contributed by atoms with Crippen LogP contribution in [-0.4, -0.2) is 19.3 Å². The van der Waals surface area contributed by atoms with Crippen molar-refractivity contribution in [3.63, 3.8) is 0 Å². The molecule has 1 aromatic rings. The van der Waals surface area contributed by atoms with Gasteiger partial charge in [0.1, 0.15) is 0 Å². The summed E-state index contributed by atoms with van der Waals surface area (Å²) >= 11 is 0. The van der Waals surface area contributed by atoms with Crippen molar-refractivity contribution in [1.82, 2.24) is 5.32 Å². The third-order valence-corrected chi connectivity index (χ3v) is 3.88. The van der Waals surface area contributed by atoms with Gasteiger partial charge in [-0.05, 0) is 51.8 Å². The topological polar surface area (TPSA) is 21.3 Å². The second kappa shape index (κ2) is 4.79. The van der Waals surface area contributed by atoms with Gasteiger partial charge in [0.25, 0.3) is 0 Å². The van der Waals surface area contributed by atoms with E-state index in [9.17, 15) is 0 Å². The van der Waals surface area contributed by atoms with Crippen LogP contribution < -0.4 is 5.32 Å². The van der Waals surface area contributed by atoms with Crippen molar-refractivity contribution >= 4 is 0 Å². The Hall–Kier alpha value is -0.860. The first-order valence-corrected chi connectivity index (χ1v) is 6.45. The number of benzene rings is 1. The van der Waals surface area contributed by atoms with Crippen LogP contribution in [0.2, 0.25) is 0 Å². The van der Waals surface area contributed by atoms with Gasteiger partial charge in [-0.15, -0.1) is 0 Å². The number of rotatable bonds is 3. The van der Waals surface area contributed by atoms with E-state index in [-0.39, 0.29) is 11.6 Å². The maximum atomic E-state index is 5.97. The summed E-state index contributed by atoms with van der Waals surface area (Å²) in [6, 6.07) is 6.95. The fraction of sp³-hybridized carbons (Fsp3) is 0.600. The van der Waals surface area contributed by atoms with Crippen molar-refractivity contribution in [2.24, 2.45) is 0 Å². The van der Waals surface area contributed by atoms with E-state index in [1.165, 1.54) is 23.1 Å². The normalized spacial score (nSPS) is 26.1. The summed E-state index contributed by atoms with van der Waals surface area (Å²) < 4.78 is 5.97. The fourth-order valence-electron chi connectivity index (χ4n) is 2.97. The second-order valence-electron chi connectivity index (χ2n) is 5.35. The maximum Gasteiger partial charge on any atom is 0.0849 e. The van der Waals surface area contributed by atoms with Crippen LogP contribution in [0, 0.1) is 13.8 Å². The number of aryl methyl sites for hydroxylation is 2. The molecule has 94 valence electrons. The van der Waals surface area contributed by atoms with Crippen LogP contribution in [0.1, 0.15) is 42.5 Å². The minimum atomic E-state index is -0.0607. The third kappa shape index (κ3) is 2.38. The lowest BCUT2D eigenvalue weighted by atomic mass is 9.85. The van der Waals surface area contributed by atoms with Gasteiger partial charge in [-0.1, -0.05) is 23.8 Å². The lowest BCUT2D eigenvalue weighted by Crippen LogP contribution is -2.40. The molecule has 1 fully saturated rings. The Morgan fingerprint density at radius 3 is 2.65 bits per heavy atom. The van der Waals surface area contributed by atoms with Gasteiger partial charge in [0.2, 0.25) is 0 Å². The molecule has 1 aliphatic rings. The molecule has 1 saturated heterocycles. The van der Waals surface area contributed by atoms with Crippen LogP contribution in [0.3, 0.4) is 0 Å². The average Bonchev–Trinajstić information content (AvgIpc) is 2.70. The Morgan fingerprint density at radius 2 is 2.12 bits per heavy atom. The first-order chi connectivity index (χ1) is 8.07. The van der Waals surface area contributed by atoms with Crippen LogP contribution >= 0.6 is 0 Å².